The van der Waals surface area contributed by atoms with Crippen LogP contribution >= 0.6 is 0 Å². The summed E-state index contributed by atoms with van der Waals surface area (Å²) in [4.78, 5) is 4.45. The van der Waals surface area contributed by atoms with Gasteiger partial charge in [-0.2, -0.15) is 0 Å². The zero-order chi connectivity index (χ0) is 10.1. The topological polar surface area (TPSA) is 26.0 Å². The first-order chi connectivity index (χ1) is 6.70. The van der Waals surface area contributed by atoms with Gasteiger partial charge in [-0.3, -0.25) is 0 Å². The summed E-state index contributed by atoms with van der Waals surface area (Å²) in [6, 6.07) is 6.20. The number of aromatic nitrogens is 1. The summed E-state index contributed by atoms with van der Waals surface area (Å²) in [6.45, 7) is 6.32. The molecule has 0 aliphatic heterocycles. The average molecular weight is 189 g/mol. The van der Waals surface area contributed by atoms with Gasteiger partial charge in [-0.25, -0.2) is 4.98 Å². The monoisotopic (exact) mass is 189 g/mol. The van der Waals surface area contributed by atoms with Gasteiger partial charge in [-0.05, 0) is 24.1 Å². The van der Waals surface area contributed by atoms with Gasteiger partial charge in [-0.15, -0.1) is 0 Å². The van der Waals surface area contributed by atoms with Crippen molar-refractivity contribution < 1.29 is 4.42 Å². The quantitative estimate of drug-likeness (QED) is 0.722. The fourth-order valence-corrected chi connectivity index (χ4v) is 1.46. The molecule has 1 aromatic heterocycles. The second-order valence-corrected chi connectivity index (χ2v) is 3.86. The molecular weight excluding hydrogens is 174 g/mol. The Morgan fingerprint density at radius 2 is 2.14 bits per heavy atom. The van der Waals surface area contributed by atoms with Gasteiger partial charge in [0.2, 0.25) is 0 Å². The highest BCUT2D eigenvalue weighted by atomic mass is 16.3. The van der Waals surface area contributed by atoms with E-state index >= 15 is 0 Å². The second-order valence-electron chi connectivity index (χ2n) is 3.86. The number of nitrogens with zero attached hydrogens (tertiary/aromatic N) is 1. The van der Waals surface area contributed by atoms with E-state index in [0.717, 1.165) is 23.4 Å². The lowest BCUT2D eigenvalue weighted by Crippen LogP contribution is -1.84. The number of benzene rings is 1. The highest BCUT2D eigenvalue weighted by Gasteiger charge is 2.08. The molecular formula is C12H15NO. The van der Waals surface area contributed by atoms with E-state index in [1.165, 1.54) is 5.56 Å². The van der Waals surface area contributed by atoms with Crippen LogP contribution in [0.1, 0.15) is 38.1 Å². The molecule has 0 amide bonds. The molecule has 0 aliphatic carbocycles. The van der Waals surface area contributed by atoms with Crippen molar-refractivity contribution in [2.45, 2.75) is 33.1 Å². The van der Waals surface area contributed by atoms with E-state index in [2.05, 4.69) is 37.9 Å². The summed E-state index contributed by atoms with van der Waals surface area (Å²) in [7, 11) is 0. The largest absolute Gasteiger partial charge is 0.440 e. The SMILES string of the molecule is CCc1ccc2oc(C(C)C)nc2c1. The van der Waals surface area contributed by atoms with Crippen LogP contribution in [-0.2, 0) is 6.42 Å². The van der Waals surface area contributed by atoms with Gasteiger partial charge in [0.05, 0.1) is 0 Å². The van der Waals surface area contributed by atoms with Gasteiger partial charge in [-0.1, -0.05) is 26.8 Å². The maximum Gasteiger partial charge on any atom is 0.198 e. The van der Waals surface area contributed by atoms with E-state index in [1.54, 1.807) is 0 Å². The summed E-state index contributed by atoms with van der Waals surface area (Å²) >= 11 is 0. The summed E-state index contributed by atoms with van der Waals surface area (Å²) < 4.78 is 5.62. The summed E-state index contributed by atoms with van der Waals surface area (Å²) in [5.41, 5.74) is 3.18. The molecule has 2 rings (SSSR count). The smallest absolute Gasteiger partial charge is 0.198 e. The standard InChI is InChI=1S/C12H15NO/c1-4-9-5-6-11-10(7-9)13-12(14-11)8(2)3/h5-8H,4H2,1-3H3. The van der Waals surface area contributed by atoms with Gasteiger partial charge in [0, 0.05) is 5.92 Å². The first-order valence-electron chi connectivity index (χ1n) is 5.10. The third-order valence-corrected chi connectivity index (χ3v) is 2.37. The molecule has 0 radical (unpaired) electrons. The van der Waals surface area contributed by atoms with Crippen LogP contribution in [0.5, 0.6) is 0 Å². The van der Waals surface area contributed by atoms with Crippen LogP contribution in [0.3, 0.4) is 0 Å². The van der Waals surface area contributed by atoms with Crippen LogP contribution in [-0.4, -0.2) is 4.98 Å². The molecule has 0 saturated carbocycles. The van der Waals surface area contributed by atoms with E-state index in [4.69, 9.17) is 4.42 Å². The normalized spacial score (nSPS) is 11.4. The molecule has 0 bridgehead atoms. The van der Waals surface area contributed by atoms with Crippen molar-refractivity contribution in [3.63, 3.8) is 0 Å². The zero-order valence-corrected chi connectivity index (χ0v) is 8.87. The molecule has 1 aromatic carbocycles. The van der Waals surface area contributed by atoms with E-state index < -0.39 is 0 Å². The lowest BCUT2D eigenvalue weighted by Gasteiger charge is -1.93. The Kier molecular flexibility index (Phi) is 2.28. The van der Waals surface area contributed by atoms with Gasteiger partial charge in [0.25, 0.3) is 0 Å². The number of fused-ring (bicyclic) bond motifs is 1. The summed E-state index contributed by atoms with van der Waals surface area (Å²) in [5.74, 6) is 1.18. The van der Waals surface area contributed by atoms with Crippen LogP contribution in [0, 0.1) is 0 Å². The Morgan fingerprint density at radius 1 is 1.36 bits per heavy atom. The predicted molar refractivity (Wildman–Crippen MR) is 57.5 cm³/mol. The summed E-state index contributed by atoms with van der Waals surface area (Å²) in [5, 5.41) is 0. The van der Waals surface area contributed by atoms with Crippen molar-refractivity contribution in [1.82, 2.24) is 4.98 Å². The number of hydrogen-bond donors (Lipinski definition) is 0. The van der Waals surface area contributed by atoms with Gasteiger partial charge in [0.1, 0.15) is 5.52 Å². The van der Waals surface area contributed by atoms with Crippen LogP contribution < -0.4 is 0 Å². The van der Waals surface area contributed by atoms with Gasteiger partial charge < -0.3 is 4.42 Å². The van der Waals surface area contributed by atoms with Crippen molar-refractivity contribution >= 4 is 11.1 Å². The molecule has 0 aliphatic rings. The van der Waals surface area contributed by atoms with Crippen molar-refractivity contribution in [2.75, 3.05) is 0 Å². The Hall–Kier alpha value is -1.31. The molecule has 2 nitrogen and oxygen atoms in total. The molecule has 0 atom stereocenters. The minimum absolute atomic E-state index is 0.354. The van der Waals surface area contributed by atoms with Crippen LogP contribution in [0.25, 0.3) is 11.1 Å². The fraction of sp³-hybridized carbons (Fsp3) is 0.417. The third kappa shape index (κ3) is 1.52. The molecule has 0 unspecified atom stereocenters. The van der Waals surface area contributed by atoms with Crippen molar-refractivity contribution in [3.8, 4) is 0 Å². The van der Waals surface area contributed by atoms with Crippen LogP contribution in [0.15, 0.2) is 22.6 Å². The Bertz CT molecular complexity index is 443. The Labute approximate surface area is 84.0 Å². The van der Waals surface area contributed by atoms with Crippen molar-refractivity contribution in [3.05, 3.63) is 29.7 Å². The van der Waals surface area contributed by atoms with Crippen molar-refractivity contribution in [1.29, 1.82) is 0 Å². The molecule has 2 aromatic rings. The molecule has 14 heavy (non-hydrogen) atoms. The summed E-state index contributed by atoms with van der Waals surface area (Å²) in [6.07, 6.45) is 1.04. The van der Waals surface area contributed by atoms with E-state index in [9.17, 15) is 0 Å². The zero-order valence-electron chi connectivity index (χ0n) is 8.87. The third-order valence-electron chi connectivity index (χ3n) is 2.37. The van der Waals surface area contributed by atoms with Gasteiger partial charge >= 0.3 is 0 Å². The molecule has 0 fully saturated rings. The van der Waals surface area contributed by atoms with Crippen LogP contribution in [0.4, 0.5) is 0 Å². The van der Waals surface area contributed by atoms with Crippen molar-refractivity contribution in [2.24, 2.45) is 0 Å². The number of aryl methyl sites for hydroxylation is 1. The molecule has 0 saturated heterocycles. The minimum atomic E-state index is 0.354. The first kappa shape index (κ1) is 9.25. The van der Waals surface area contributed by atoms with E-state index in [-0.39, 0.29) is 0 Å². The molecule has 0 spiro atoms. The Balaban J connectivity index is 2.54. The fourth-order valence-electron chi connectivity index (χ4n) is 1.46. The highest BCUT2D eigenvalue weighted by molar-refractivity contribution is 5.73. The molecule has 1 heterocycles. The maximum atomic E-state index is 5.62. The lowest BCUT2D eigenvalue weighted by atomic mass is 10.1. The first-order valence-corrected chi connectivity index (χ1v) is 5.10. The number of rotatable bonds is 2. The molecule has 0 N–H and O–H groups in total. The highest BCUT2D eigenvalue weighted by Crippen LogP contribution is 2.21. The molecule has 74 valence electrons. The van der Waals surface area contributed by atoms with E-state index in [1.807, 2.05) is 6.07 Å². The lowest BCUT2D eigenvalue weighted by molar-refractivity contribution is 0.501. The minimum Gasteiger partial charge on any atom is -0.440 e. The second kappa shape index (κ2) is 3.45. The number of oxazole rings is 1. The van der Waals surface area contributed by atoms with E-state index in [0.29, 0.717) is 5.92 Å². The van der Waals surface area contributed by atoms with Crippen LogP contribution in [0.2, 0.25) is 0 Å². The number of hydrogen-bond acceptors (Lipinski definition) is 2. The Morgan fingerprint density at radius 3 is 2.79 bits per heavy atom. The van der Waals surface area contributed by atoms with Gasteiger partial charge in [0.15, 0.2) is 11.5 Å². The predicted octanol–water partition coefficient (Wildman–Crippen LogP) is 3.51. The maximum absolute atomic E-state index is 5.62. The average Bonchev–Trinajstić information content (AvgIpc) is 2.59. The molecule has 2 heteroatoms.